The standard InChI is InChI=1S/C18H24F3NO4S/c1-12(23)16(24)22-9-7-13(8-10-22)17(2,3)27(25,26)15-6-4-5-14(11-15)18(19,20)21/h4-6,11-13,23H,7-10H2,1-3H3. The second-order valence-electron chi connectivity index (χ2n) is 7.41. The number of carbonyl (C=O) groups is 1. The summed E-state index contributed by atoms with van der Waals surface area (Å²) in [7, 11) is -4.03. The monoisotopic (exact) mass is 407 g/mol. The lowest BCUT2D eigenvalue weighted by Gasteiger charge is -2.40. The molecule has 0 spiro atoms. The minimum absolute atomic E-state index is 0.302. The number of hydrogen-bond acceptors (Lipinski definition) is 4. The lowest BCUT2D eigenvalue weighted by molar-refractivity contribution is -0.140. The van der Waals surface area contributed by atoms with Gasteiger partial charge in [0.2, 0.25) is 0 Å². The van der Waals surface area contributed by atoms with Crippen molar-refractivity contribution >= 4 is 15.7 Å². The first-order valence-corrected chi connectivity index (χ1v) is 10.2. The number of aliphatic hydroxyl groups is 1. The van der Waals surface area contributed by atoms with E-state index in [0.29, 0.717) is 32.0 Å². The van der Waals surface area contributed by atoms with Crippen LogP contribution >= 0.6 is 0 Å². The molecule has 1 aromatic carbocycles. The largest absolute Gasteiger partial charge is 0.416 e. The molecule has 0 saturated carbocycles. The zero-order valence-electron chi connectivity index (χ0n) is 15.5. The Hall–Kier alpha value is -1.61. The topological polar surface area (TPSA) is 74.7 Å². The summed E-state index contributed by atoms with van der Waals surface area (Å²) in [6.45, 7) is 5.00. The molecule has 27 heavy (non-hydrogen) atoms. The number of rotatable bonds is 4. The van der Waals surface area contributed by atoms with Gasteiger partial charge in [-0.25, -0.2) is 8.42 Å². The van der Waals surface area contributed by atoms with Gasteiger partial charge in [-0.05, 0) is 57.7 Å². The van der Waals surface area contributed by atoms with Gasteiger partial charge in [0, 0.05) is 13.1 Å². The highest BCUT2D eigenvalue weighted by Gasteiger charge is 2.45. The van der Waals surface area contributed by atoms with Gasteiger partial charge in [-0.15, -0.1) is 0 Å². The van der Waals surface area contributed by atoms with Crippen molar-refractivity contribution in [3.05, 3.63) is 29.8 Å². The number of sulfone groups is 1. The van der Waals surface area contributed by atoms with E-state index in [9.17, 15) is 31.5 Å². The van der Waals surface area contributed by atoms with Crippen molar-refractivity contribution in [1.82, 2.24) is 4.90 Å². The maximum Gasteiger partial charge on any atom is 0.416 e. The molecule has 0 aliphatic carbocycles. The van der Waals surface area contributed by atoms with Gasteiger partial charge in [0.1, 0.15) is 6.10 Å². The molecule has 1 saturated heterocycles. The molecule has 9 heteroatoms. The fourth-order valence-electron chi connectivity index (χ4n) is 3.42. The summed E-state index contributed by atoms with van der Waals surface area (Å²) in [6, 6.07) is 3.78. The van der Waals surface area contributed by atoms with E-state index in [1.807, 2.05) is 0 Å². The normalized spacial score (nSPS) is 18.4. The highest BCUT2D eigenvalue weighted by atomic mass is 32.2. The zero-order chi connectivity index (χ0) is 20.6. The number of carbonyl (C=O) groups excluding carboxylic acids is 1. The van der Waals surface area contributed by atoms with Crippen LogP contribution in [0.3, 0.4) is 0 Å². The average Bonchev–Trinajstić information content (AvgIpc) is 2.60. The van der Waals surface area contributed by atoms with Crippen LogP contribution in [-0.2, 0) is 20.8 Å². The minimum atomic E-state index is -4.62. The fourth-order valence-corrected chi connectivity index (χ4v) is 5.24. The van der Waals surface area contributed by atoms with Crippen molar-refractivity contribution in [3.8, 4) is 0 Å². The Morgan fingerprint density at radius 3 is 2.26 bits per heavy atom. The number of benzene rings is 1. The smallest absolute Gasteiger partial charge is 0.384 e. The Balaban J connectivity index is 2.25. The molecule has 1 N–H and O–H groups in total. The molecule has 152 valence electrons. The van der Waals surface area contributed by atoms with Gasteiger partial charge in [-0.1, -0.05) is 6.07 Å². The molecular formula is C18H24F3NO4S. The van der Waals surface area contributed by atoms with Crippen molar-refractivity contribution in [2.75, 3.05) is 13.1 Å². The number of alkyl halides is 3. The van der Waals surface area contributed by atoms with E-state index in [-0.39, 0.29) is 10.8 Å². The number of likely N-dealkylation sites (tertiary alicyclic amines) is 1. The summed E-state index contributed by atoms with van der Waals surface area (Å²) in [4.78, 5) is 13.0. The number of aliphatic hydroxyl groups excluding tert-OH is 1. The molecule has 1 aliphatic rings. The maximum atomic E-state index is 13.1. The highest BCUT2D eigenvalue weighted by Crippen LogP contribution is 2.39. The predicted molar refractivity (Wildman–Crippen MR) is 93.7 cm³/mol. The Labute approximate surface area is 157 Å². The molecule has 1 aliphatic heterocycles. The van der Waals surface area contributed by atoms with Crippen molar-refractivity contribution in [3.63, 3.8) is 0 Å². The molecule has 1 unspecified atom stereocenters. The highest BCUT2D eigenvalue weighted by molar-refractivity contribution is 7.92. The lowest BCUT2D eigenvalue weighted by atomic mass is 9.85. The quantitative estimate of drug-likeness (QED) is 0.833. The molecule has 1 atom stereocenters. The van der Waals surface area contributed by atoms with Crippen molar-refractivity contribution in [2.24, 2.45) is 5.92 Å². The summed E-state index contributed by atoms with van der Waals surface area (Å²) in [6.07, 6.45) is -4.96. The van der Waals surface area contributed by atoms with Crippen LogP contribution in [0.4, 0.5) is 13.2 Å². The molecule has 0 aromatic heterocycles. The summed E-state index contributed by atoms with van der Waals surface area (Å²) < 4.78 is 63.7. The second kappa shape index (κ2) is 7.43. The molecule has 0 radical (unpaired) electrons. The van der Waals surface area contributed by atoms with Crippen LogP contribution < -0.4 is 0 Å². The van der Waals surface area contributed by atoms with Crippen LogP contribution in [-0.4, -0.2) is 48.3 Å². The van der Waals surface area contributed by atoms with E-state index in [1.54, 1.807) is 0 Å². The Bertz CT molecular complexity index is 795. The number of hydrogen-bond donors (Lipinski definition) is 1. The number of halogens is 3. The summed E-state index contributed by atoms with van der Waals surface area (Å²) in [5.74, 6) is -0.734. The predicted octanol–water partition coefficient (Wildman–Crippen LogP) is 2.88. The first kappa shape index (κ1) is 21.7. The van der Waals surface area contributed by atoms with E-state index >= 15 is 0 Å². The molecule has 1 heterocycles. The van der Waals surface area contributed by atoms with E-state index in [1.165, 1.54) is 31.7 Å². The fraction of sp³-hybridized carbons (Fsp3) is 0.611. The van der Waals surface area contributed by atoms with E-state index in [0.717, 1.165) is 12.1 Å². The molecule has 1 aromatic rings. The third-order valence-electron chi connectivity index (χ3n) is 5.31. The molecule has 1 fully saturated rings. The van der Waals surface area contributed by atoms with Crippen molar-refractivity contribution in [2.45, 2.75) is 55.5 Å². The van der Waals surface area contributed by atoms with Gasteiger partial charge >= 0.3 is 6.18 Å². The summed E-state index contributed by atoms with van der Waals surface area (Å²) in [5, 5.41) is 9.39. The molecule has 5 nitrogen and oxygen atoms in total. The minimum Gasteiger partial charge on any atom is -0.384 e. The third kappa shape index (κ3) is 4.29. The van der Waals surface area contributed by atoms with E-state index in [4.69, 9.17) is 0 Å². The van der Waals surface area contributed by atoms with Gasteiger partial charge in [0.15, 0.2) is 9.84 Å². The van der Waals surface area contributed by atoms with Crippen molar-refractivity contribution in [1.29, 1.82) is 0 Å². The van der Waals surface area contributed by atoms with Crippen LogP contribution in [0.25, 0.3) is 0 Å². The maximum absolute atomic E-state index is 13.1. The van der Waals surface area contributed by atoms with Gasteiger partial charge in [0.05, 0.1) is 15.2 Å². The summed E-state index contributed by atoms with van der Waals surface area (Å²) in [5.41, 5.74) is -1.00. The van der Waals surface area contributed by atoms with Crippen LogP contribution in [0.2, 0.25) is 0 Å². The lowest BCUT2D eigenvalue weighted by Crippen LogP contribution is -2.49. The molecule has 1 amide bonds. The zero-order valence-corrected chi connectivity index (χ0v) is 16.3. The van der Waals surface area contributed by atoms with Gasteiger partial charge in [-0.3, -0.25) is 4.79 Å². The van der Waals surface area contributed by atoms with Gasteiger partial charge in [-0.2, -0.15) is 13.2 Å². The Morgan fingerprint density at radius 2 is 1.78 bits per heavy atom. The van der Waals surface area contributed by atoms with Crippen LogP contribution in [0, 0.1) is 5.92 Å². The van der Waals surface area contributed by atoms with Crippen LogP contribution in [0.5, 0.6) is 0 Å². The SMILES string of the molecule is CC(O)C(=O)N1CCC(C(C)(C)S(=O)(=O)c2cccc(C(F)(F)F)c2)CC1. The average molecular weight is 407 g/mol. The number of amides is 1. The molecular weight excluding hydrogens is 383 g/mol. The number of nitrogens with zero attached hydrogens (tertiary/aromatic N) is 1. The van der Waals surface area contributed by atoms with E-state index < -0.39 is 38.3 Å². The van der Waals surface area contributed by atoms with Gasteiger partial charge < -0.3 is 10.0 Å². The Morgan fingerprint density at radius 1 is 1.22 bits per heavy atom. The number of piperidine rings is 1. The second-order valence-corrected chi connectivity index (χ2v) is 9.94. The molecule has 2 rings (SSSR count). The third-order valence-corrected chi connectivity index (χ3v) is 7.90. The van der Waals surface area contributed by atoms with Crippen LogP contribution in [0.1, 0.15) is 39.2 Å². The molecule has 0 bridgehead atoms. The Kier molecular flexibility index (Phi) is 5.96. The van der Waals surface area contributed by atoms with Crippen LogP contribution in [0.15, 0.2) is 29.2 Å². The van der Waals surface area contributed by atoms with E-state index in [2.05, 4.69) is 0 Å². The summed E-state index contributed by atoms with van der Waals surface area (Å²) >= 11 is 0. The first-order valence-electron chi connectivity index (χ1n) is 8.67. The van der Waals surface area contributed by atoms with Crippen molar-refractivity contribution < 1.29 is 31.5 Å². The van der Waals surface area contributed by atoms with Gasteiger partial charge in [0.25, 0.3) is 5.91 Å². The first-order chi connectivity index (χ1) is 12.3.